The molecule has 0 aromatic rings. The molecule has 224 valence electrons. The molecule has 1 heterocycles. The Morgan fingerprint density at radius 3 is 2.40 bits per heavy atom. The van der Waals surface area contributed by atoms with Crippen molar-refractivity contribution in [3.63, 3.8) is 0 Å². The molecule has 6 rings (SSSR count). The third-order valence-electron chi connectivity index (χ3n) is 14.9. The summed E-state index contributed by atoms with van der Waals surface area (Å²) in [6.45, 7) is 20.6. The Balaban J connectivity index is 1.34. The molecule has 0 radical (unpaired) electrons. The molecular formula is C36H56O4. The maximum Gasteiger partial charge on any atom is 0.157 e. The molecule has 4 nitrogen and oxygen atoms in total. The molecule has 11 atom stereocenters. The lowest BCUT2D eigenvalue weighted by atomic mass is 9.32. The van der Waals surface area contributed by atoms with Crippen LogP contribution in [-0.2, 0) is 19.1 Å². The summed E-state index contributed by atoms with van der Waals surface area (Å²) in [5.41, 5.74) is 1.68. The number of aldehydes is 1. The number of ketones is 1. The Kier molecular flexibility index (Phi) is 7.10. The Morgan fingerprint density at radius 1 is 0.950 bits per heavy atom. The monoisotopic (exact) mass is 552 g/mol. The van der Waals surface area contributed by atoms with Crippen molar-refractivity contribution in [1.82, 2.24) is 0 Å². The van der Waals surface area contributed by atoms with Crippen molar-refractivity contribution < 1.29 is 19.1 Å². The average molecular weight is 553 g/mol. The Labute approximate surface area is 243 Å². The van der Waals surface area contributed by atoms with Crippen LogP contribution < -0.4 is 0 Å². The first-order chi connectivity index (χ1) is 18.8. The van der Waals surface area contributed by atoms with Gasteiger partial charge in [0.1, 0.15) is 12.1 Å². The molecule has 6 fully saturated rings. The minimum absolute atomic E-state index is 0.0208. The summed E-state index contributed by atoms with van der Waals surface area (Å²) in [5.74, 6) is 2.55. The van der Waals surface area contributed by atoms with Crippen molar-refractivity contribution in [2.75, 3.05) is 13.2 Å². The second-order valence-electron chi connectivity index (χ2n) is 16.7. The first-order valence-electron chi connectivity index (χ1n) is 16.7. The van der Waals surface area contributed by atoms with Gasteiger partial charge in [0.05, 0.1) is 12.5 Å². The van der Waals surface area contributed by atoms with Crippen LogP contribution >= 0.6 is 0 Å². The number of hydrogen-bond acceptors (Lipinski definition) is 4. The third-order valence-corrected chi connectivity index (χ3v) is 14.9. The van der Waals surface area contributed by atoms with Gasteiger partial charge in [-0.25, -0.2) is 0 Å². The smallest absolute Gasteiger partial charge is 0.157 e. The highest BCUT2D eigenvalue weighted by Crippen LogP contribution is 2.77. The largest absolute Gasteiger partial charge is 0.353 e. The van der Waals surface area contributed by atoms with E-state index in [9.17, 15) is 9.59 Å². The van der Waals surface area contributed by atoms with E-state index in [4.69, 9.17) is 9.47 Å². The fraction of sp³-hybridized carbons (Fsp3) is 0.889. The molecule has 0 bridgehead atoms. The van der Waals surface area contributed by atoms with Crippen molar-refractivity contribution in [1.29, 1.82) is 0 Å². The topological polar surface area (TPSA) is 52.6 Å². The summed E-state index contributed by atoms with van der Waals surface area (Å²) >= 11 is 0. The number of carbonyl (C=O) groups is 2. The first kappa shape index (κ1) is 29.1. The zero-order valence-electron chi connectivity index (χ0n) is 26.4. The number of carbonyl (C=O) groups excluding carboxylic acids is 2. The van der Waals surface area contributed by atoms with E-state index in [1.807, 2.05) is 0 Å². The van der Waals surface area contributed by atoms with E-state index in [1.54, 1.807) is 0 Å². The van der Waals surface area contributed by atoms with E-state index in [0.29, 0.717) is 29.6 Å². The summed E-state index contributed by atoms with van der Waals surface area (Å²) in [6, 6.07) is 0. The summed E-state index contributed by atoms with van der Waals surface area (Å²) in [4.78, 5) is 25.6. The van der Waals surface area contributed by atoms with Crippen molar-refractivity contribution >= 4 is 12.1 Å². The number of fused-ring (bicyclic) bond motifs is 7. The Morgan fingerprint density at radius 2 is 1.73 bits per heavy atom. The maximum atomic E-state index is 13.4. The summed E-state index contributed by atoms with van der Waals surface area (Å²) in [5, 5.41) is 0. The van der Waals surface area contributed by atoms with Gasteiger partial charge in [0.2, 0.25) is 0 Å². The quantitative estimate of drug-likeness (QED) is 0.196. The minimum atomic E-state index is -0.440. The van der Waals surface area contributed by atoms with E-state index >= 15 is 0 Å². The highest BCUT2D eigenvalue weighted by atomic mass is 16.7. The van der Waals surface area contributed by atoms with E-state index in [2.05, 4.69) is 48.1 Å². The van der Waals surface area contributed by atoms with Gasteiger partial charge in [0, 0.05) is 12.0 Å². The number of rotatable bonds is 5. The van der Waals surface area contributed by atoms with Crippen molar-refractivity contribution in [3.8, 4) is 0 Å². The van der Waals surface area contributed by atoms with E-state index in [1.165, 1.54) is 56.9 Å². The molecular weight excluding hydrogens is 496 g/mol. The molecule has 3 unspecified atom stereocenters. The number of ether oxygens (including phenoxy) is 2. The van der Waals surface area contributed by atoms with Crippen LogP contribution in [0.4, 0.5) is 0 Å². The lowest BCUT2D eigenvalue weighted by molar-refractivity contribution is -0.247. The fourth-order valence-corrected chi connectivity index (χ4v) is 12.8. The second kappa shape index (κ2) is 9.76. The molecule has 6 aliphatic rings. The Hall–Kier alpha value is -1.00. The van der Waals surface area contributed by atoms with Gasteiger partial charge in [0.15, 0.2) is 6.29 Å². The van der Waals surface area contributed by atoms with Gasteiger partial charge in [-0.05, 0) is 135 Å². The highest BCUT2D eigenvalue weighted by Gasteiger charge is 2.71. The zero-order chi connectivity index (χ0) is 28.7. The van der Waals surface area contributed by atoms with Crippen molar-refractivity contribution in [3.05, 3.63) is 12.2 Å². The lowest BCUT2D eigenvalue weighted by Gasteiger charge is -2.72. The van der Waals surface area contributed by atoms with Crippen molar-refractivity contribution in [2.45, 2.75) is 125 Å². The predicted octanol–water partition coefficient (Wildman–Crippen LogP) is 8.18. The van der Waals surface area contributed by atoms with Gasteiger partial charge < -0.3 is 14.3 Å². The first-order valence-corrected chi connectivity index (χ1v) is 16.7. The summed E-state index contributed by atoms with van der Waals surface area (Å²) < 4.78 is 12.6. The number of Topliss-reactive ketones (excluding diaryl/α,β-unsaturated/α-hetero) is 1. The minimum Gasteiger partial charge on any atom is -0.353 e. The molecule has 0 amide bonds. The SMILES string of the molecule is C=C(C)C1CC[C@]2(COC3CCCCO3)CC[C@]3(C)[C@H](CC[C@@H]4[C@@]5(C)CC(C=O)C(=O)C(C)(C)[C@@H]5CC[C@]43C)[C@@H]12. The van der Waals surface area contributed by atoms with Crippen LogP contribution in [0.2, 0.25) is 0 Å². The summed E-state index contributed by atoms with van der Waals surface area (Å²) in [7, 11) is 0. The second-order valence-corrected chi connectivity index (χ2v) is 16.7. The lowest BCUT2D eigenvalue weighted by Crippen LogP contribution is -2.67. The average Bonchev–Trinajstić information content (AvgIpc) is 3.31. The normalized spacial score (nSPS) is 51.6. The maximum absolute atomic E-state index is 13.4. The van der Waals surface area contributed by atoms with Crippen LogP contribution in [0.25, 0.3) is 0 Å². The van der Waals surface area contributed by atoms with Crippen LogP contribution in [0, 0.1) is 62.6 Å². The van der Waals surface area contributed by atoms with Gasteiger partial charge >= 0.3 is 0 Å². The van der Waals surface area contributed by atoms with Crippen LogP contribution in [-0.4, -0.2) is 31.6 Å². The third kappa shape index (κ3) is 3.89. The van der Waals surface area contributed by atoms with E-state index in [0.717, 1.165) is 45.2 Å². The Bertz CT molecular complexity index is 1040. The van der Waals surface area contributed by atoms with Gasteiger partial charge in [-0.2, -0.15) is 0 Å². The number of allylic oxidation sites excluding steroid dienone is 1. The van der Waals surface area contributed by atoms with E-state index in [-0.39, 0.29) is 33.7 Å². The molecule has 5 saturated carbocycles. The molecule has 4 heteroatoms. The molecule has 0 aromatic heterocycles. The van der Waals surface area contributed by atoms with Crippen LogP contribution in [0.1, 0.15) is 119 Å². The molecule has 1 aliphatic heterocycles. The number of hydrogen-bond donors (Lipinski definition) is 0. The highest BCUT2D eigenvalue weighted by molar-refractivity contribution is 5.98. The van der Waals surface area contributed by atoms with E-state index < -0.39 is 11.3 Å². The molecule has 1 saturated heterocycles. The fourth-order valence-electron chi connectivity index (χ4n) is 12.8. The van der Waals surface area contributed by atoms with Crippen LogP contribution in [0.3, 0.4) is 0 Å². The van der Waals surface area contributed by atoms with Crippen LogP contribution in [0.5, 0.6) is 0 Å². The predicted molar refractivity (Wildman–Crippen MR) is 158 cm³/mol. The molecule has 5 aliphatic carbocycles. The molecule has 0 spiro atoms. The molecule has 0 aromatic carbocycles. The van der Waals surface area contributed by atoms with Crippen LogP contribution in [0.15, 0.2) is 12.2 Å². The molecule has 40 heavy (non-hydrogen) atoms. The zero-order valence-corrected chi connectivity index (χ0v) is 26.4. The van der Waals surface area contributed by atoms with Gasteiger partial charge in [-0.15, -0.1) is 0 Å². The summed E-state index contributed by atoms with van der Waals surface area (Å²) in [6.07, 6.45) is 14.9. The van der Waals surface area contributed by atoms with Gasteiger partial charge in [0.25, 0.3) is 0 Å². The van der Waals surface area contributed by atoms with Crippen molar-refractivity contribution in [2.24, 2.45) is 62.6 Å². The van der Waals surface area contributed by atoms with Gasteiger partial charge in [-0.3, -0.25) is 4.79 Å². The van der Waals surface area contributed by atoms with Gasteiger partial charge in [-0.1, -0.05) is 46.8 Å². The molecule has 0 N–H and O–H groups in total. The standard InChI is InChI=1S/C36H56O4/c1-23(2)25-13-16-36(22-40-29-10-8-9-19-39-29)18-17-34(6)26(30(25)36)11-12-28-33(5)20-24(21-37)31(38)32(3,4)27(33)14-15-35(28,34)7/h21,24-30H,1,8-20,22H2,2-7H3/t24?,25?,26-,27+,28-,29?,30-,33+,34-,35-,36-/m1/s1.